The third kappa shape index (κ3) is 5.55. The molecular formula is C16H25NO2S. The molecule has 3 atom stereocenters. The minimum atomic E-state index is -0.00506. The molecule has 0 aliphatic rings. The highest BCUT2D eigenvalue weighted by molar-refractivity contribution is 7.99. The summed E-state index contributed by atoms with van der Waals surface area (Å²) in [6.45, 7) is 4.17. The molecule has 3 unspecified atom stereocenters. The number of carbonyl (C=O) groups is 1. The number of rotatable bonds is 8. The highest BCUT2D eigenvalue weighted by atomic mass is 32.2. The summed E-state index contributed by atoms with van der Waals surface area (Å²) in [5, 5.41) is 12.2. The van der Waals surface area contributed by atoms with E-state index in [0.29, 0.717) is 12.3 Å². The van der Waals surface area contributed by atoms with Gasteiger partial charge in [-0.15, -0.1) is 0 Å². The molecule has 0 saturated heterocycles. The van der Waals surface area contributed by atoms with Gasteiger partial charge in [-0.25, -0.2) is 0 Å². The monoisotopic (exact) mass is 295 g/mol. The maximum atomic E-state index is 11.9. The smallest absolute Gasteiger partial charge is 0.220 e. The van der Waals surface area contributed by atoms with Crippen LogP contribution < -0.4 is 5.32 Å². The summed E-state index contributed by atoms with van der Waals surface area (Å²) < 4.78 is 0. The van der Waals surface area contributed by atoms with Crippen LogP contribution in [0.1, 0.15) is 38.2 Å². The summed E-state index contributed by atoms with van der Waals surface area (Å²) in [6, 6.07) is 10.2. The summed E-state index contributed by atoms with van der Waals surface area (Å²) in [4.78, 5) is 11.9. The van der Waals surface area contributed by atoms with Crippen LogP contribution >= 0.6 is 11.8 Å². The fourth-order valence-corrected chi connectivity index (χ4v) is 2.78. The lowest BCUT2D eigenvalue weighted by Gasteiger charge is -2.21. The van der Waals surface area contributed by atoms with Gasteiger partial charge in [-0.1, -0.05) is 37.3 Å². The SMILES string of the molecule is CSC(CO)C(C)NC(=O)CCC(C)c1ccccc1. The zero-order chi connectivity index (χ0) is 15.0. The van der Waals surface area contributed by atoms with Crippen LogP contribution in [-0.2, 0) is 4.79 Å². The molecule has 0 saturated carbocycles. The van der Waals surface area contributed by atoms with Gasteiger partial charge in [0, 0.05) is 17.7 Å². The zero-order valence-electron chi connectivity index (χ0n) is 12.5. The third-order valence-electron chi connectivity index (χ3n) is 3.60. The van der Waals surface area contributed by atoms with E-state index in [4.69, 9.17) is 0 Å². The Morgan fingerprint density at radius 2 is 1.95 bits per heavy atom. The van der Waals surface area contributed by atoms with Crippen molar-refractivity contribution in [3.8, 4) is 0 Å². The lowest BCUT2D eigenvalue weighted by Crippen LogP contribution is -2.41. The molecule has 0 radical (unpaired) electrons. The van der Waals surface area contributed by atoms with Gasteiger partial charge in [-0.2, -0.15) is 11.8 Å². The van der Waals surface area contributed by atoms with Crippen molar-refractivity contribution in [3.05, 3.63) is 35.9 Å². The second-order valence-electron chi connectivity index (χ2n) is 5.16. The van der Waals surface area contributed by atoms with E-state index in [1.54, 1.807) is 11.8 Å². The molecule has 2 N–H and O–H groups in total. The Balaban J connectivity index is 2.36. The molecule has 20 heavy (non-hydrogen) atoms. The van der Waals surface area contributed by atoms with Gasteiger partial charge in [0.15, 0.2) is 0 Å². The summed E-state index contributed by atoms with van der Waals surface area (Å²) in [6.07, 6.45) is 3.31. The van der Waals surface area contributed by atoms with Crippen LogP contribution in [0, 0.1) is 0 Å². The number of hydrogen-bond acceptors (Lipinski definition) is 3. The Morgan fingerprint density at radius 1 is 1.30 bits per heavy atom. The van der Waals surface area contributed by atoms with Gasteiger partial charge in [-0.05, 0) is 31.1 Å². The topological polar surface area (TPSA) is 49.3 Å². The standard InChI is InChI=1S/C16H25NO2S/c1-12(14-7-5-4-6-8-14)9-10-16(19)17-13(2)15(11-18)20-3/h4-8,12-13,15,18H,9-11H2,1-3H3,(H,17,19). The molecule has 1 amide bonds. The molecule has 0 aliphatic carbocycles. The Kier molecular flexibility index (Phi) is 7.70. The first kappa shape index (κ1) is 17.1. The largest absolute Gasteiger partial charge is 0.395 e. The van der Waals surface area contributed by atoms with Gasteiger partial charge in [0.1, 0.15) is 0 Å². The first-order valence-corrected chi connectivity index (χ1v) is 8.35. The molecule has 0 fully saturated rings. The highest BCUT2D eigenvalue weighted by Crippen LogP contribution is 2.20. The predicted octanol–water partition coefficient (Wildman–Crippen LogP) is 2.80. The van der Waals surface area contributed by atoms with E-state index in [2.05, 4.69) is 24.4 Å². The van der Waals surface area contributed by atoms with Crippen molar-refractivity contribution < 1.29 is 9.90 Å². The van der Waals surface area contributed by atoms with Crippen molar-refractivity contribution in [2.75, 3.05) is 12.9 Å². The minimum Gasteiger partial charge on any atom is -0.395 e. The Bertz CT molecular complexity index is 393. The van der Waals surface area contributed by atoms with Crippen LogP contribution in [0.4, 0.5) is 0 Å². The highest BCUT2D eigenvalue weighted by Gasteiger charge is 2.17. The normalized spacial score (nSPS) is 15.4. The number of carbonyl (C=O) groups excluding carboxylic acids is 1. The number of aliphatic hydroxyl groups excluding tert-OH is 1. The van der Waals surface area contributed by atoms with Crippen molar-refractivity contribution in [2.24, 2.45) is 0 Å². The molecule has 0 aromatic heterocycles. The fourth-order valence-electron chi connectivity index (χ4n) is 2.15. The average Bonchev–Trinajstić information content (AvgIpc) is 2.47. The molecule has 3 nitrogen and oxygen atoms in total. The van der Waals surface area contributed by atoms with Crippen molar-refractivity contribution in [2.45, 2.75) is 43.9 Å². The van der Waals surface area contributed by atoms with Gasteiger partial charge in [0.2, 0.25) is 5.91 Å². The quantitative estimate of drug-likeness (QED) is 0.775. The lowest BCUT2D eigenvalue weighted by molar-refractivity contribution is -0.121. The van der Waals surface area contributed by atoms with E-state index in [-0.39, 0.29) is 23.8 Å². The Morgan fingerprint density at radius 3 is 2.50 bits per heavy atom. The minimum absolute atomic E-state index is 0.00506. The maximum Gasteiger partial charge on any atom is 0.220 e. The number of aliphatic hydroxyl groups is 1. The van der Waals surface area contributed by atoms with E-state index in [0.717, 1.165) is 6.42 Å². The van der Waals surface area contributed by atoms with Crippen LogP contribution in [0.15, 0.2) is 30.3 Å². The van der Waals surface area contributed by atoms with E-state index in [1.807, 2.05) is 31.4 Å². The number of benzene rings is 1. The number of amides is 1. The van der Waals surface area contributed by atoms with E-state index in [9.17, 15) is 9.90 Å². The van der Waals surface area contributed by atoms with Crippen LogP contribution in [0.25, 0.3) is 0 Å². The average molecular weight is 295 g/mol. The van der Waals surface area contributed by atoms with Gasteiger partial charge < -0.3 is 10.4 Å². The maximum absolute atomic E-state index is 11.9. The molecule has 0 heterocycles. The van der Waals surface area contributed by atoms with Crippen LogP contribution in [-0.4, -0.2) is 35.2 Å². The summed E-state index contributed by atoms with van der Waals surface area (Å²) in [5.41, 5.74) is 1.27. The van der Waals surface area contributed by atoms with Crippen LogP contribution in [0.5, 0.6) is 0 Å². The second-order valence-corrected chi connectivity index (χ2v) is 6.24. The van der Waals surface area contributed by atoms with Crippen molar-refractivity contribution in [1.82, 2.24) is 5.32 Å². The molecule has 4 heteroatoms. The van der Waals surface area contributed by atoms with Crippen LogP contribution in [0.2, 0.25) is 0 Å². The van der Waals surface area contributed by atoms with E-state index in [1.165, 1.54) is 5.56 Å². The molecule has 1 aromatic carbocycles. The molecule has 1 rings (SSSR count). The number of thioether (sulfide) groups is 1. The number of nitrogens with one attached hydrogen (secondary N) is 1. The van der Waals surface area contributed by atoms with E-state index >= 15 is 0 Å². The molecule has 1 aromatic rings. The molecule has 112 valence electrons. The second kappa shape index (κ2) is 9.03. The lowest BCUT2D eigenvalue weighted by atomic mass is 9.96. The van der Waals surface area contributed by atoms with Gasteiger partial charge in [0.05, 0.1) is 6.61 Å². The van der Waals surface area contributed by atoms with Crippen molar-refractivity contribution >= 4 is 17.7 Å². The fraction of sp³-hybridized carbons (Fsp3) is 0.562. The zero-order valence-corrected chi connectivity index (χ0v) is 13.3. The Hall–Kier alpha value is -1.00. The molecular weight excluding hydrogens is 270 g/mol. The van der Waals surface area contributed by atoms with E-state index < -0.39 is 0 Å². The third-order valence-corrected chi connectivity index (χ3v) is 4.76. The first-order valence-electron chi connectivity index (χ1n) is 7.06. The van der Waals surface area contributed by atoms with Gasteiger partial charge >= 0.3 is 0 Å². The first-order chi connectivity index (χ1) is 9.58. The van der Waals surface area contributed by atoms with Gasteiger partial charge in [0.25, 0.3) is 0 Å². The summed E-state index contributed by atoms with van der Waals surface area (Å²) in [7, 11) is 0. The molecule has 0 bridgehead atoms. The number of hydrogen-bond donors (Lipinski definition) is 2. The molecule has 0 spiro atoms. The molecule has 0 aliphatic heterocycles. The Labute approximate surface area is 126 Å². The van der Waals surface area contributed by atoms with Crippen molar-refractivity contribution in [3.63, 3.8) is 0 Å². The van der Waals surface area contributed by atoms with Crippen molar-refractivity contribution in [1.29, 1.82) is 0 Å². The summed E-state index contributed by atoms with van der Waals surface area (Å²) in [5.74, 6) is 0.444. The van der Waals surface area contributed by atoms with Gasteiger partial charge in [-0.3, -0.25) is 4.79 Å². The predicted molar refractivity (Wildman–Crippen MR) is 86.1 cm³/mol. The summed E-state index contributed by atoms with van der Waals surface area (Å²) >= 11 is 1.58. The van der Waals surface area contributed by atoms with Crippen LogP contribution in [0.3, 0.4) is 0 Å².